The predicted molar refractivity (Wildman–Crippen MR) is 48.8 cm³/mol. The Bertz CT molecular complexity index is 216. The molecule has 4 heteroatoms. The van der Waals surface area contributed by atoms with E-state index in [1.807, 2.05) is 0 Å². The molecule has 2 unspecified atom stereocenters. The van der Waals surface area contributed by atoms with Crippen LogP contribution in [0.4, 0.5) is 0 Å². The van der Waals surface area contributed by atoms with Crippen LogP contribution in [-0.4, -0.2) is 31.2 Å². The van der Waals surface area contributed by atoms with Gasteiger partial charge in [0, 0.05) is 6.61 Å². The molecule has 4 nitrogen and oxygen atoms in total. The highest BCUT2D eigenvalue weighted by atomic mass is 16.5. The first-order valence-corrected chi connectivity index (χ1v) is 4.34. The molecule has 0 spiro atoms. The fourth-order valence-corrected chi connectivity index (χ4v) is 1.31. The van der Waals surface area contributed by atoms with Crippen molar-refractivity contribution < 1.29 is 9.53 Å². The van der Waals surface area contributed by atoms with Gasteiger partial charge in [-0.05, 0) is 12.8 Å². The van der Waals surface area contributed by atoms with E-state index >= 15 is 0 Å². The minimum atomic E-state index is -0.587. The van der Waals surface area contributed by atoms with Gasteiger partial charge >= 0.3 is 0 Å². The summed E-state index contributed by atoms with van der Waals surface area (Å²) in [4.78, 5) is 11.3. The van der Waals surface area contributed by atoms with Crippen LogP contribution in [0.15, 0.2) is 0 Å². The molecule has 0 aromatic carbocycles. The number of terminal acetylenes is 1. The van der Waals surface area contributed by atoms with Gasteiger partial charge in [0.1, 0.15) is 6.04 Å². The van der Waals surface area contributed by atoms with Crippen LogP contribution in [0, 0.1) is 12.3 Å². The van der Waals surface area contributed by atoms with Crippen LogP contribution in [0.3, 0.4) is 0 Å². The van der Waals surface area contributed by atoms with E-state index in [2.05, 4.69) is 11.2 Å². The van der Waals surface area contributed by atoms with E-state index in [1.54, 1.807) is 0 Å². The second-order valence-corrected chi connectivity index (χ2v) is 3.00. The molecular formula is C9H14N2O2. The quantitative estimate of drug-likeness (QED) is 0.564. The van der Waals surface area contributed by atoms with Gasteiger partial charge in [-0.15, -0.1) is 6.42 Å². The lowest BCUT2D eigenvalue weighted by molar-refractivity contribution is -0.124. The smallest absolute Gasteiger partial charge is 0.240 e. The van der Waals surface area contributed by atoms with Crippen LogP contribution in [0.2, 0.25) is 0 Å². The van der Waals surface area contributed by atoms with E-state index in [1.165, 1.54) is 0 Å². The van der Waals surface area contributed by atoms with E-state index in [0.717, 1.165) is 12.8 Å². The largest absolute Gasteiger partial charge is 0.376 e. The lowest BCUT2D eigenvalue weighted by Crippen LogP contribution is -2.48. The SMILES string of the molecule is C#CCNC(=O)C(N)C1CCCO1. The summed E-state index contributed by atoms with van der Waals surface area (Å²) < 4.78 is 5.28. The lowest BCUT2D eigenvalue weighted by Gasteiger charge is -2.16. The molecule has 1 heterocycles. The van der Waals surface area contributed by atoms with Crippen molar-refractivity contribution in [1.82, 2.24) is 5.32 Å². The molecule has 1 rings (SSSR count). The Kier molecular flexibility index (Phi) is 3.74. The van der Waals surface area contributed by atoms with Gasteiger partial charge in [-0.3, -0.25) is 4.79 Å². The minimum absolute atomic E-state index is 0.141. The molecule has 1 aliphatic heterocycles. The van der Waals surface area contributed by atoms with Crippen molar-refractivity contribution in [3.63, 3.8) is 0 Å². The third-order valence-corrected chi connectivity index (χ3v) is 2.03. The number of rotatable bonds is 3. The van der Waals surface area contributed by atoms with Crippen LogP contribution in [-0.2, 0) is 9.53 Å². The summed E-state index contributed by atoms with van der Waals surface area (Å²) in [6, 6.07) is -0.587. The molecular weight excluding hydrogens is 168 g/mol. The van der Waals surface area contributed by atoms with Crippen LogP contribution < -0.4 is 11.1 Å². The van der Waals surface area contributed by atoms with E-state index < -0.39 is 6.04 Å². The third-order valence-electron chi connectivity index (χ3n) is 2.03. The van der Waals surface area contributed by atoms with Crippen molar-refractivity contribution in [2.24, 2.45) is 5.73 Å². The highest BCUT2D eigenvalue weighted by molar-refractivity contribution is 5.82. The van der Waals surface area contributed by atoms with E-state index in [-0.39, 0.29) is 18.6 Å². The average molecular weight is 182 g/mol. The summed E-state index contributed by atoms with van der Waals surface area (Å²) in [5, 5.41) is 2.53. The Morgan fingerprint density at radius 2 is 2.62 bits per heavy atom. The number of carbonyl (C=O) groups is 1. The van der Waals surface area contributed by atoms with Gasteiger partial charge in [0.25, 0.3) is 0 Å². The maximum absolute atomic E-state index is 11.3. The van der Waals surface area contributed by atoms with Gasteiger partial charge in [-0.2, -0.15) is 0 Å². The predicted octanol–water partition coefficient (Wildman–Crippen LogP) is -0.758. The van der Waals surface area contributed by atoms with Gasteiger partial charge < -0.3 is 15.8 Å². The van der Waals surface area contributed by atoms with Crippen molar-refractivity contribution in [1.29, 1.82) is 0 Å². The number of nitrogens with one attached hydrogen (secondary N) is 1. The molecule has 0 saturated carbocycles. The van der Waals surface area contributed by atoms with Crippen molar-refractivity contribution in [3.05, 3.63) is 0 Å². The summed E-state index contributed by atoms with van der Waals surface area (Å²) >= 11 is 0. The first-order chi connectivity index (χ1) is 6.25. The van der Waals surface area contributed by atoms with Crippen molar-refractivity contribution in [3.8, 4) is 12.3 Å². The molecule has 0 bridgehead atoms. The molecule has 1 aliphatic rings. The molecule has 0 aromatic heterocycles. The number of hydrogen-bond donors (Lipinski definition) is 2. The Morgan fingerprint density at radius 1 is 1.85 bits per heavy atom. The standard InChI is InChI=1S/C9H14N2O2/c1-2-5-11-9(12)8(10)7-4-3-6-13-7/h1,7-8H,3-6,10H2,(H,11,12). The molecule has 0 radical (unpaired) electrons. The van der Waals surface area contributed by atoms with Gasteiger partial charge in [0.2, 0.25) is 5.91 Å². The van der Waals surface area contributed by atoms with E-state index in [0.29, 0.717) is 6.61 Å². The molecule has 1 saturated heterocycles. The Hall–Kier alpha value is -1.05. The first-order valence-electron chi connectivity index (χ1n) is 4.34. The second-order valence-electron chi connectivity index (χ2n) is 3.00. The zero-order chi connectivity index (χ0) is 9.68. The highest BCUT2D eigenvalue weighted by Crippen LogP contribution is 2.14. The molecule has 72 valence electrons. The minimum Gasteiger partial charge on any atom is -0.376 e. The normalized spacial score (nSPS) is 23.5. The Morgan fingerprint density at radius 3 is 3.15 bits per heavy atom. The fraction of sp³-hybridized carbons (Fsp3) is 0.667. The molecule has 3 N–H and O–H groups in total. The molecule has 0 aromatic rings. The maximum Gasteiger partial charge on any atom is 0.240 e. The fourth-order valence-electron chi connectivity index (χ4n) is 1.31. The van der Waals surface area contributed by atoms with Gasteiger partial charge in [0.15, 0.2) is 0 Å². The topological polar surface area (TPSA) is 64.4 Å². The number of carbonyl (C=O) groups excluding carboxylic acids is 1. The molecule has 0 aliphatic carbocycles. The van der Waals surface area contributed by atoms with Gasteiger partial charge in [-0.1, -0.05) is 5.92 Å². The third kappa shape index (κ3) is 2.72. The van der Waals surface area contributed by atoms with Crippen molar-refractivity contribution >= 4 is 5.91 Å². The van der Waals surface area contributed by atoms with Gasteiger partial charge in [0.05, 0.1) is 12.6 Å². The number of amides is 1. The number of hydrogen-bond acceptors (Lipinski definition) is 3. The van der Waals surface area contributed by atoms with Crippen LogP contribution in [0.25, 0.3) is 0 Å². The summed E-state index contributed by atoms with van der Waals surface area (Å²) in [5.74, 6) is 2.08. The van der Waals surface area contributed by atoms with Crippen LogP contribution in [0.1, 0.15) is 12.8 Å². The Labute approximate surface area is 77.8 Å². The summed E-state index contributed by atoms with van der Waals surface area (Å²) in [6.07, 6.45) is 6.68. The van der Waals surface area contributed by atoms with E-state index in [4.69, 9.17) is 16.9 Å². The zero-order valence-electron chi connectivity index (χ0n) is 7.45. The van der Waals surface area contributed by atoms with E-state index in [9.17, 15) is 4.79 Å². The lowest BCUT2D eigenvalue weighted by atomic mass is 10.1. The summed E-state index contributed by atoms with van der Waals surface area (Å²) in [7, 11) is 0. The van der Waals surface area contributed by atoms with Crippen molar-refractivity contribution in [2.75, 3.05) is 13.2 Å². The van der Waals surface area contributed by atoms with Gasteiger partial charge in [-0.25, -0.2) is 0 Å². The maximum atomic E-state index is 11.3. The van der Waals surface area contributed by atoms with Crippen LogP contribution >= 0.6 is 0 Å². The molecule has 1 fully saturated rings. The molecule has 2 atom stereocenters. The number of nitrogens with two attached hydrogens (primary N) is 1. The Balaban J connectivity index is 2.33. The molecule has 13 heavy (non-hydrogen) atoms. The number of ether oxygens (including phenoxy) is 1. The zero-order valence-corrected chi connectivity index (χ0v) is 7.45. The van der Waals surface area contributed by atoms with Crippen molar-refractivity contribution in [2.45, 2.75) is 25.0 Å². The van der Waals surface area contributed by atoms with Crippen LogP contribution in [0.5, 0.6) is 0 Å². The molecule has 1 amide bonds. The highest BCUT2D eigenvalue weighted by Gasteiger charge is 2.27. The summed E-state index contributed by atoms with van der Waals surface area (Å²) in [6.45, 7) is 0.917. The second kappa shape index (κ2) is 4.85. The average Bonchev–Trinajstić information content (AvgIpc) is 2.65. The monoisotopic (exact) mass is 182 g/mol. The first kappa shape index (κ1) is 10.0. The summed E-state index contributed by atoms with van der Waals surface area (Å²) in [5.41, 5.74) is 5.66.